The van der Waals surface area contributed by atoms with Crippen LogP contribution in [0.4, 0.5) is 0 Å². The highest BCUT2D eigenvalue weighted by atomic mass is 32.2. The normalized spacial score (nSPS) is 13.7. The van der Waals surface area contributed by atoms with Crippen molar-refractivity contribution in [2.45, 2.75) is 44.4 Å². The van der Waals surface area contributed by atoms with Crippen molar-refractivity contribution in [3.05, 3.63) is 17.1 Å². The van der Waals surface area contributed by atoms with Crippen molar-refractivity contribution in [1.29, 1.82) is 0 Å². The minimum absolute atomic E-state index is 0.232. The van der Waals surface area contributed by atoms with E-state index in [0.717, 1.165) is 6.54 Å². The fourth-order valence-electron chi connectivity index (χ4n) is 1.90. The number of nitrogens with one attached hydrogen (secondary N) is 2. The second kappa shape index (κ2) is 7.49. The van der Waals surface area contributed by atoms with Crippen LogP contribution in [0.2, 0.25) is 0 Å². The lowest BCUT2D eigenvalue weighted by Crippen LogP contribution is -2.30. The molecule has 0 amide bonds. The fraction of sp³-hybridized carbons (Fsp3) is 0.692. The van der Waals surface area contributed by atoms with Crippen molar-refractivity contribution in [1.82, 2.24) is 10.0 Å². The van der Waals surface area contributed by atoms with Gasteiger partial charge in [0.2, 0.25) is 10.0 Å². The molecule has 7 heteroatoms. The van der Waals surface area contributed by atoms with Crippen LogP contribution in [0.25, 0.3) is 0 Å². The van der Waals surface area contributed by atoms with Crippen LogP contribution in [0.1, 0.15) is 30.9 Å². The molecule has 1 rings (SSSR count). The molecule has 0 aliphatic rings. The number of hydrogen-bond donors (Lipinski definition) is 2. The van der Waals surface area contributed by atoms with Gasteiger partial charge in [-0.3, -0.25) is 0 Å². The highest BCUT2D eigenvalue weighted by Gasteiger charge is 2.26. The van der Waals surface area contributed by atoms with Crippen LogP contribution in [0.5, 0.6) is 0 Å². The Hall–Kier alpha value is -0.500. The van der Waals surface area contributed by atoms with Gasteiger partial charge in [0, 0.05) is 23.9 Å². The maximum Gasteiger partial charge on any atom is 0.244 e. The van der Waals surface area contributed by atoms with Crippen molar-refractivity contribution in [2.75, 3.05) is 19.3 Å². The summed E-state index contributed by atoms with van der Waals surface area (Å²) in [7, 11) is -3.53. The lowest BCUT2D eigenvalue weighted by molar-refractivity contribution is 0.493. The Balaban J connectivity index is 3.04. The van der Waals surface area contributed by atoms with Gasteiger partial charge < -0.3 is 9.73 Å². The number of rotatable bonds is 8. The Labute approximate surface area is 125 Å². The molecular formula is C13H24N2O3S2. The Kier molecular flexibility index (Phi) is 6.57. The lowest BCUT2D eigenvalue weighted by atomic mass is 10.2. The molecule has 1 unspecified atom stereocenters. The first-order valence-electron chi connectivity index (χ1n) is 6.65. The third kappa shape index (κ3) is 4.25. The van der Waals surface area contributed by atoms with Gasteiger partial charge in [-0.2, -0.15) is 11.8 Å². The molecule has 2 N–H and O–H groups in total. The van der Waals surface area contributed by atoms with Crippen molar-refractivity contribution in [2.24, 2.45) is 0 Å². The minimum Gasteiger partial charge on any atom is -0.465 e. The molecule has 0 saturated carbocycles. The monoisotopic (exact) mass is 320 g/mol. The number of sulfonamides is 1. The third-order valence-electron chi connectivity index (χ3n) is 3.11. The fourth-order valence-corrected chi connectivity index (χ4v) is 3.83. The van der Waals surface area contributed by atoms with E-state index in [1.54, 1.807) is 25.6 Å². The summed E-state index contributed by atoms with van der Waals surface area (Å²) in [5.74, 6) is 1.10. The van der Waals surface area contributed by atoms with Crippen LogP contribution in [-0.2, 0) is 16.6 Å². The summed E-state index contributed by atoms with van der Waals surface area (Å²) in [4.78, 5) is 0.282. The van der Waals surface area contributed by atoms with Crippen LogP contribution < -0.4 is 10.0 Å². The van der Waals surface area contributed by atoms with Crippen molar-refractivity contribution < 1.29 is 12.8 Å². The quantitative estimate of drug-likeness (QED) is 0.767. The maximum absolute atomic E-state index is 12.5. The molecule has 0 aliphatic heterocycles. The summed E-state index contributed by atoms with van der Waals surface area (Å²) in [5, 5.41) is 3.38. The third-order valence-corrected chi connectivity index (χ3v) is 5.70. The predicted octanol–water partition coefficient (Wildman–Crippen LogP) is 2.04. The van der Waals surface area contributed by atoms with Gasteiger partial charge in [-0.05, 0) is 26.6 Å². The highest BCUT2D eigenvalue weighted by molar-refractivity contribution is 7.99. The first-order chi connectivity index (χ1) is 9.33. The van der Waals surface area contributed by atoms with E-state index in [9.17, 15) is 8.42 Å². The molecule has 20 heavy (non-hydrogen) atoms. The minimum atomic E-state index is -3.53. The number of furan rings is 1. The van der Waals surface area contributed by atoms with Gasteiger partial charge in [-0.25, -0.2) is 13.1 Å². The zero-order valence-corrected chi connectivity index (χ0v) is 14.4. The molecule has 0 aliphatic carbocycles. The molecule has 0 aromatic carbocycles. The maximum atomic E-state index is 12.5. The number of thioether (sulfide) groups is 1. The SMILES string of the molecule is CCNCc1c(C)oc(C)c1S(=O)(=O)NCC(C)SC. The van der Waals surface area contributed by atoms with Gasteiger partial charge in [-0.1, -0.05) is 13.8 Å². The van der Waals surface area contributed by atoms with E-state index in [1.807, 2.05) is 20.1 Å². The molecule has 1 aromatic heterocycles. The smallest absolute Gasteiger partial charge is 0.244 e. The topological polar surface area (TPSA) is 71.3 Å². The summed E-state index contributed by atoms with van der Waals surface area (Å²) in [6, 6.07) is 0. The van der Waals surface area contributed by atoms with Crippen molar-refractivity contribution >= 4 is 21.8 Å². The van der Waals surface area contributed by atoms with Gasteiger partial charge in [0.1, 0.15) is 16.4 Å². The molecule has 5 nitrogen and oxygen atoms in total. The Bertz CT molecular complexity index is 538. The predicted molar refractivity (Wildman–Crippen MR) is 83.7 cm³/mol. The zero-order valence-electron chi connectivity index (χ0n) is 12.7. The van der Waals surface area contributed by atoms with Crippen LogP contribution in [-0.4, -0.2) is 33.0 Å². The summed E-state index contributed by atoms with van der Waals surface area (Å²) in [6.07, 6.45) is 1.96. The molecule has 0 saturated heterocycles. The summed E-state index contributed by atoms with van der Waals surface area (Å²) >= 11 is 1.63. The summed E-state index contributed by atoms with van der Waals surface area (Å²) in [5.41, 5.74) is 0.716. The Morgan fingerprint density at radius 2 is 1.95 bits per heavy atom. The van der Waals surface area contributed by atoms with Crippen molar-refractivity contribution in [3.63, 3.8) is 0 Å². The number of aryl methyl sites for hydroxylation is 2. The molecule has 1 atom stereocenters. The molecule has 116 valence electrons. The van der Waals surface area contributed by atoms with Gasteiger partial charge in [0.15, 0.2) is 0 Å². The molecule has 0 bridgehead atoms. The van der Waals surface area contributed by atoms with E-state index in [0.29, 0.717) is 30.2 Å². The second-order valence-electron chi connectivity index (χ2n) is 4.70. The number of hydrogen-bond acceptors (Lipinski definition) is 5. The van der Waals surface area contributed by atoms with Gasteiger partial charge in [0.05, 0.1) is 0 Å². The van der Waals surface area contributed by atoms with Crippen LogP contribution in [0.3, 0.4) is 0 Å². The van der Waals surface area contributed by atoms with Gasteiger partial charge in [0.25, 0.3) is 0 Å². The van der Waals surface area contributed by atoms with E-state index in [-0.39, 0.29) is 10.1 Å². The van der Waals surface area contributed by atoms with Gasteiger partial charge in [-0.15, -0.1) is 0 Å². The second-order valence-corrected chi connectivity index (χ2v) is 7.68. The van der Waals surface area contributed by atoms with Gasteiger partial charge >= 0.3 is 0 Å². The van der Waals surface area contributed by atoms with Crippen molar-refractivity contribution in [3.8, 4) is 0 Å². The Morgan fingerprint density at radius 3 is 2.50 bits per heavy atom. The van der Waals surface area contributed by atoms with Crippen LogP contribution in [0.15, 0.2) is 9.31 Å². The average molecular weight is 320 g/mol. The summed E-state index contributed by atoms with van der Waals surface area (Å²) in [6.45, 7) is 9.13. The first-order valence-corrected chi connectivity index (χ1v) is 9.42. The zero-order chi connectivity index (χ0) is 15.3. The highest BCUT2D eigenvalue weighted by Crippen LogP contribution is 2.26. The van der Waals surface area contributed by atoms with E-state index in [2.05, 4.69) is 10.0 Å². The first kappa shape index (κ1) is 17.6. The standard InChI is InChI=1S/C13H24N2O3S2/c1-6-14-8-12-10(3)18-11(4)13(12)20(16,17)15-7-9(2)19-5/h9,14-15H,6-8H2,1-5H3. The molecule has 1 heterocycles. The Morgan fingerprint density at radius 1 is 1.30 bits per heavy atom. The molecule has 0 radical (unpaired) electrons. The molecule has 1 aromatic rings. The summed E-state index contributed by atoms with van der Waals surface area (Å²) < 4.78 is 33.1. The van der Waals surface area contributed by atoms with E-state index in [4.69, 9.17) is 4.42 Å². The molecule has 0 spiro atoms. The average Bonchev–Trinajstić information content (AvgIpc) is 2.68. The van der Waals surface area contributed by atoms with Crippen LogP contribution >= 0.6 is 11.8 Å². The van der Waals surface area contributed by atoms with E-state index >= 15 is 0 Å². The van der Waals surface area contributed by atoms with E-state index < -0.39 is 10.0 Å². The van der Waals surface area contributed by atoms with Crippen LogP contribution in [0, 0.1) is 13.8 Å². The lowest BCUT2D eigenvalue weighted by Gasteiger charge is -2.12. The van der Waals surface area contributed by atoms with E-state index in [1.165, 1.54) is 0 Å². The largest absolute Gasteiger partial charge is 0.465 e. The molecule has 0 fully saturated rings. The molecular weight excluding hydrogens is 296 g/mol.